The number of benzene rings is 2. The van der Waals surface area contributed by atoms with Crippen molar-refractivity contribution in [3.63, 3.8) is 0 Å². The Labute approximate surface area is 180 Å². The molecule has 1 aromatic heterocycles. The van der Waals surface area contributed by atoms with Crippen molar-refractivity contribution in [3.05, 3.63) is 71.8 Å². The molecule has 0 fully saturated rings. The molecule has 2 N–H and O–H groups in total. The zero-order valence-electron chi connectivity index (χ0n) is 17.1. The SMILES string of the molecule is CCCCCn1cc(CNC(=O)c2ccc(NS(=O)(=O)c3ccc(F)cc3)cc2)nn1. The number of halogens is 1. The highest BCUT2D eigenvalue weighted by molar-refractivity contribution is 7.92. The molecule has 0 radical (unpaired) electrons. The van der Waals surface area contributed by atoms with E-state index in [0.29, 0.717) is 11.3 Å². The Morgan fingerprint density at radius 2 is 1.77 bits per heavy atom. The summed E-state index contributed by atoms with van der Waals surface area (Å²) in [4.78, 5) is 12.3. The van der Waals surface area contributed by atoms with Gasteiger partial charge in [0, 0.05) is 17.8 Å². The fourth-order valence-corrected chi connectivity index (χ4v) is 3.90. The van der Waals surface area contributed by atoms with Crippen LogP contribution in [0.1, 0.15) is 42.2 Å². The summed E-state index contributed by atoms with van der Waals surface area (Å²) >= 11 is 0. The average molecular weight is 446 g/mol. The summed E-state index contributed by atoms with van der Waals surface area (Å²) in [5.41, 5.74) is 1.32. The molecule has 2 aromatic carbocycles. The number of anilines is 1. The van der Waals surface area contributed by atoms with E-state index in [0.717, 1.165) is 37.9 Å². The molecule has 10 heteroatoms. The van der Waals surface area contributed by atoms with E-state index in [4.69, 9.17) is 0 Å². The van der Waals surface area contributed by atoms with Crippen LogP contribution in [0, 0.1) is 5.82 Å². The molecule has 164 valence electrons. The Bertz CT molecular complexity index is 1110. The van der Waals surface area contributed by atoms with Gasteiger partial charge in [-0.25, -0.2) is 12.8 Å². The number of amides is 1. The quantitative estimate of drug-likeness (QED) is 0.466. The van der Waals surface area contributed by atoms with Crippen LogP contribution < -0.4 is 10.0 Å². The summed E-state index contributed by atoms with van der Waals surface area (Å²) in [6.07, 6.45) is 5.10. The van der Waals surface area contributed by atoms with E-state index < -0.39 is 15.8 Å². The lowest BCUT2D eigenvalue weighted by molar-refractivity contribution is 0.0950. The predicted molar refractivity (Wildman–Crippen MR) is 114 cm³/mol. The van der Waals surface area contributed by atoms with Crippen LogP contribution in [0.15, 0.2) is 59.6 Å². The molecule has 0 unspecified atom stereocenters. The monoisotopic (exact) mass is 445 g/mol. The summed E-state index contributed by atoms with van der Waals surface area (Å²) in [6.45, 7) is 3.17. The number of carbonyl (C=O) groups excluding carboxylic acids is 1. The molecule has 0 saturated heterocycles. The summed E-state index contributed by atoms with van der Waals surface area (Å²) in [6, 6.07) is 10.5. The Kier molecular flexibility index (Phi) is 7.35. The molecule has 0 atom stereocenters. The molecule has 8 nitrogen and oxygen atoms in total. The van der Waals surface area contributed by atoms with Crippen LogP contribution in [-0.2, 0) is 23.1 Å². The minimum atomic E-state index is -3.85. The van der Waals surface area contributed by atoms with Gasteiger partial charge in [0.05, 0.1) is 17.6 Å². The number of rotatable bonds is 10. The predicted octanol–water partition coefficient (Wildman–Crippen LogP) is 3.34. The normalized spacial score (nSPS) is 11.3. The molecule has 0 aliphatic rings. The van der Waals surface area contributed by atoms with Gasteiger partial charge in [0.25, 0.3) is 15.9 Å². The van der Waals surface area contributed by atoms with Gasteiger partial charge in [-0.15, -0.1) is 5.10 Å². The largest absolute Gasteiger partial charge is 0.346 e. The Morgan fingerprint density at radius 3 is 2.45 bits per heavy atom. The third-order valence-electron chi connectivity index (χ3n) is 4.53. The standard InChI is InChI=1S/C21H24FN5O3S/c1-2-3-4-13-27-15-19(24-26-27)14-23-21(28)16-5-9-18(10-6-16)25-31(29,30)20-11-7-17(22)8-12-20/h5-12,15,25H,2-4,13-14H2,1H3,(H,23,28). The first-order valence-electron chi connectivity index (χ1n) is 9.93. The van der Waals surface area contributed by atoms with Gasteiger partial charge < -0.3 is 5.32 Å². The van der Waals surface area contributed by atoms with Crippen molar-refractivity contribution in [2.45, 2.75) is 44.2 Å². The molecule has 1 heterocycles. The van der Waals surface area contributed by atoms with Crippen molar-refractivity contribution < 1.29 is 17.6 Å². The Morgan fingerprint density at radius 1 is 1.06 bits per heavy atom. The smallest absolute Gasteiger partial charge is 0.261 e. The van der Waals surface area contributed by atoms with Gasteiger partial charge in [-0.2, -0.15) is 0 Å². The number of hydrogen-bond acceptors (Lipinski definition) is 5. The van der Waals surface area contributed by atoms with Crippen LogP contribution >= 0.6 is 0 Å². The molecule has 0 spiro atoms. The second-order valence-electron chi connectivity index (χ2n) is 7.00. The Hall–Kier alpha value is -3.27. The van der Waals surface area contributed by atoms with Crippen LogP contribution in [0.5, 0.6) is 0 Å². The van der Waals surface area contributed by atoms with E-state index in [1.807, 2.05) is 6.20 Å². The first-order valence-corrected chi connectivity index (χ1v) is 11.4. The number of nitrogens with one attached hydrogen (secondary N) is 2. The highest BCUT2D eigenvalue weighted by Gasteiger charge is 2.15. The van der Waals surface area contributed by atoms with Gasteiger partial charge in [0.2, 0.25) is 0 Å². The number of unbranched alkanes of at least 4 members (excludes halogenated alkanes) is 2. The summed E-state index contributed by atoms with van der Waals surface area (Å²) in [5.74, 6) is -0.832. The van der Waals surface area contributed by atoms with E-state index in [9.17, 15) is 17.6 Å². The molecule has 3 aromatic rings. The number of hydrogen-bond donors (Lipinski definition) is 2. The average Bonchev–Trinajstić information content (AvgIpc) is 3.20. The van der Waals surface area contributed by atoms with E-state index >= 15 is 0 Å². The van der Waals surface area contributed by atoms with Crippen LogP contribution in [0.2, 0.25) is 0 Å². The molecule has 0 aliphatic heterocycles. The van der Waals surface area contributed by atoms with Gasteiger partial charge >= 0.3 is 0 Å². The lowest BCUT2D eigenvalue weighted by Gasteiger charge is -2.09. The maximum absolute atomic E-state index is 13.0. The van der Waals surface area contributed by atoms with Crippen molar-refractivity contribution in [3.8, 4) is 0 Å². The summed E-state index contributed by atoms with van der Waals surface area (Å²) in [5, 5.41) is 10.9. The molecule has 1 amide bonds. The fraction of sp³-hybridized carbons (Fsp3) is 0.286. The molecule has 0 aliphatic carbocycles. The maximum atomic E-state index is 13.0. The fourth-order valence-electron chi connectivity index (χ4n) is 2.84. The van der Waals surface area contributed by atoms with Gasteiger partial charge in [-0.05, 0) is 55.0 Å². The van der Waals surface area contributed by atoms with Crippen molar-refractivity contribution >= 4 is 21.6 Å². The van der Waals surface area contributed by atoms with E-state index in [2.05, 4.69) is 27.3 Å². The highest BCUT2D eigenvalue weighted by Crippen LogP contribution is 2.17. The van der Waals surface area contributed by atoms with Crippen molar-refractivity contribution in [2.24, 2.45) is 0 Å². The number of aryl methyl sites for hydroxylation is 1. The molecule has 3 rings (SSSR count). The molecular weight excluding hydrogens is 421 g/mol. The second-order valence-corrected chi connectivity index (χ2v) is 8.68. The summed E-state index contributed by atoms with van der Waals surface area (Å²) < 4.78 is 41.9. The number of sulfonamides is 1. The topological polar surface area (TPSA) is 106 Å². The number of carbonyl (C=O) groups is 1. The van der Waals surface area contributed by atoms with Crippen LogP contribution in [0.25, 0.3) is 0 Å². The zero-order valence-corrected chi connectivity index (χ0v) is 17.9. The summed E-state index contributed by atoms with van der Waals surface area (Å²) in [7, 11) is -3.85. The highest BCUT2D eigenvalue weighted by atomic mass is 32.2. The number of nitrogens with zero attached hydrogens (tertiary/aromatic N) is 3. The minimum absolute atomic E-state index is 0.0570. The Balaban J connectivity index is 1.54. The zero-order chi connectivity index (χ0) is 22.3. The van der Waals surface area contributed by atoms with Gasteiger partial charge in [0.1, 0.15) is 11.5 Å². The minimum Gasteiger partial charge on any atom is -0.346 e. The second kappa shape index (κ2) is 10.2. The van der Waals surface area contributed by atoms with E-state index in [1.54, 1.807) is 4.68 Å². The molecule has 0 saturated carbocycles. The first kappa shape index (κ1) is 22.4. The van der Waals surface area contributed by atoms with Crippen molar-refractivity contribution in [2.75, 3.05) is 4.72 Å². The van der Waals surface area contributed by atoms with Crippen molar-refractivity contribution in [1.82, 2.24) is 20.3 Å². The lowest BCUT2D eigenvalue weighted by Crippen LogP contribution is -2.23. The third-order valence-corrected chi connectivity index (χ3v) is 5.93. The van der Waals surface area contributed by atoms with Crippen molar-refractivity contribution in [1.29, 1.82) is 0 Å². The molecular formula is C21H24FN5O3S. The molecule has 0 bridgehead atoms. The van der Waals surface area contributed by atoms with Gasteiger partial charge in [-0.1, -0.05) is 25.0 Å². The van der Waals surface area contributed by atoms with Crippen LogP contribution in [0.4, 0.5) is 10.1 Å². The first-order chi connectivity index (χ1) is 14.9. The number of aromatic nitrogens is 3. The molecule has 31 heavy (non-hydrogen) atoms. The van der Waals surface area contributed by atoms with Gasteiger partial charge in [0.15, 0.2) is 0 Å². The van der Waals surface area contributed by atoms with Gasteiger partial charge in [-0.3, -0.25) is 14.2 Å². The third kappa shape index (κ3) is 6.35. The maximum Gasteiger partial charge on any atom is 0.261 e. The van der Waals surface area contributed by atoms with E-state index in [1.165, 1.54) is 36.4 Å². The van der Waals surface area contributed by atoms with Crippen LogP contribution in [0.3, 0.4) is 0 Å². The van der Waals surface area contributed by atoms with Crippen LogP contribution in [-0.4, -0.2) is 29.3 Å². The lowest BCUT2D eigenvalue weighted by atomic mass is 10.2. The van der Waals surface area contributed by atoms with E-state index in [-0.39, 0.29) is 23.0 Å².